The second kappa shape index (κ2) is 5.66. The first-order valence-corrected chi connectivity index (χ1v) is 5.68. The SMILES string of the molecule is COCCN1CCCC1=Nc1c[c]ccc1. The van der Waals surface area contributed by atoms with Crippen LogP contribution in [0, 0.1) is 6.07 Å². The molecule has 0 aliphatic carbocycles. The molecule has 16 heavy (non-hydrogen) atoms. The van der Waals surface area contributed by atoms with E-state index in [4.69, 9.17) is 4.74 Å². The number of methoxy groups -OCH3 is 1. The van der Waals surface area contributed by atoms with Crippen molar-refractivity contribution >= 4 is 11.5 Å². The first-order valence-electron chi connectivity index (χ1n) is 5.68. The Morgan fingerprint density at radius 2 is 2.50 bits per heavy atom. The van der Waals surface area contributed by atoms with Crippen molar-refractivity contribution in [3.8, 4) is 0 Å². The molecule has 0 saturated carbocycles. The molecule has 2 rings (SSSR count). The predicted octanol–water partition coefficient (Wildman–Crippen LogP) is 2.26. The Morgan fingerprint density at radius 1 is 1.56 bits per heavy atom. The first kappa shape index (κ1) is 11.1. The van der Waals surface area contributed by atoms with E-state index in [0.29, 0.717) is 0 Å². The molecule has 1 radical (unpaired) electrons. The highest BCUT2D eigenvalue weighted by Crippen LogP contribution is 2.17. The Morgan fingerprint density at radius 3 is 3.25 bits per heavy atom. The first-order chi connectivity index (χ1) is 7.90. The van der Waals surface area contributed by atoms with Crippen LogP contribution in [0.1, 0.15) is 12.8 Å². The summed E-state index contributed by atoms with van der Waals surface area (Å²) in [7, 11) is 1.74. The van der Waals surface area contributed by atoms with Gasteiger partial charge in [-0.2, -0.15) is 0 Å². The summed E-state index contributed by atoms with van der Waals surface area (Å²) in [5.74, 6) is 1.18. The lowest BCUT2D eigenvalue weighted by molar-refractivity contribution is 0.179. The van der Waals surface area contributed by atoms with E-state index in [1.165, 1.54) is 12.3 Å². The Bertz CT molecular complexity index is 348. The maximum Gasteiger partial charge on any atom is 0.105 e. The van der Waals surface area contributed by atoms with E-state index in [0.717, 1.165) is 31.8 Å². The molecular weight excluding hydrogens is 200 g/mol. The second-order valence-corrected chi connectivity index (χ2v) is 3.87. The van der Waals surface area contributed by atoms with Crippen molar-refractivity contribution in [3.05, 3.63) is 30.3 Å². The minimum atomic E-state index is 0.764. The minimum Gasteiger partial charge on any atom is -0.383 e. The maximum atomic E-state index is 5.10. The smallest absolute Gasteiger partial charge is 0.105 e. The molecule has 1 saturated heterocycles. The van der Waals surface area contributed by atoms with Gasteiger partial charge in [0.2, 0.25) is 0 Å². The summed E-state index contributed by atoms with van der Waals surface area (Å²) < 4.78 is 5.10. The zero-order valence-corrected chi connectivity index (χ0v) is 9.65. The fraction of sp³-hybridized carbons (Fsp3) is 0.462. The summed E-state index contributed by atoms with van der Waals surface area (Å²) in [4.78, 5) is 6.95. The summed E-state index contributed by atoms with van der Waals surface area (Å²) in [6.45, 7) is 2.80. The van der Waals surface area contributed by atoms with Crippen molar-refractivity contribution in [1.82, 2.24) is 4.90 Å². The molecule has 0 bridgehead atoms. The van der Waals surface area contributed by atoms with E-state index in [-0.39, 0.29) is 0 Å². The zero-order valence-electron chi connectivity index (χ0n) is 9.65. The van der Waals surface area contributed by atoms with Crippen LogP contribution in [0.15, 0.2) is 29.3 Å². The Hall–Kier alpha value is -1.35. The molecular formula is C13H17N2O. The molecule has 3 heteroatoms. The molecule has 0 spiro atoms. The van der Waals surface area contributed by atoms with Crippen LogP contribution >= 0.6 is 0 Å². The summed E-state index contributed by atoms with van der Waals surface area (Å²) in [5.41, 5.74) is 0.988. The fourth-order valence-electron chi connectivity index (χ4n) is 1.89. The highest BCUT2D eigenvalue weighted by Gasteiger charge is 2.17. The standard InChI is InChI=1S/C13H17N2O/c1-16-11-10-15-9-5-8-13(15)14-12-6-3-2-4-7-12/h2-3,6-7H,5,8-11H2,1H3. The number of rotatable bonds is 4. The van der Waals surface area contributed by atoms with Gasteiger partial charge in [0.25, 0.3) is 0 Å². The quantitative estimate of drug-likeness (QED) is 0.772. The van der Waals surface area contributed by atoms with Gasteiger partial charge < -0.3 is 9.64 Å². The molecule has 1 aliphatic heterocycles. The van der Waals surface area contributed by atoms with Gasteiger partial charge in [0.1, 0.15) is 5.84 Å². The fourth-order valence-corrected chi connectivity index (χ4v) is 1.89. The van der Waals surface area contributed by atoms with E-state index in [1.807, 2.05) is 24.3 Å². The largest absolute Gasteiger partial charge is 0.383 e. The van der Waals surface area contributed by atoms with Gasteiger partial charge in [-0.15, -0.1) is 0 Å². The van der Waals surface area contributed by atoms with Crippen LogP contribution in [-0.2, 0) is 4.74 Å². The molecule has 0 N–H and O–H groups in total. The molecule has 0 atom stereocenters. The topological polar surface area (TPSA) is 24.8 Å². The lowest BCUT2D eigenvalue weighted by atomic mass is 10.3. The molecule has 1 aromatic rings. The summed E-state index contributed by atoms with van der Waals surface area (Å²) in [5, 5.41) is 0. The number of ether oxygens (including phenoxy) is 1. The van der Waals surface area contributed by atoms with Crippen LogP contribution in [-0.4, -0.2) is 37.5 Å². The highest BCUT2D eigenvalue weighted by atomic mass is 16.5. The Labute approximate surface area is 96.7 Å². The van der Waals surface area contributed by atoms with Gasteiger partial charge in [0.15, 0.2) is 0 Å². The third-order valence-corrected chi connectivity index (χ3v) is 2.71. The van der Waals surface area contributed by atoms with Crippen LogP contribution in [0.2, 0.25) is 0 Å². The molecule has 3 nitrogen and oxygen atoms in total. The lowest BCUT2D eigenvalue weighted by Crippen LogP contribution is -2.28. The lowest BCUT2D eigenvalue weighted by Gasteiger charge is -2.18. The molecule has 0 amide bonds. The Kier molecular flexibility index (Phi) is 3.94. The predicted molar refractivity (Wildman–Crippen MR) is 65.1 cm³/mol. The van der Waals surface area contributed by atoms with Gasteiger partial charge in [-0.3, -0.25) is 0 Å². The number of aliphatic imine (C=N–C) groups is 1. The number of nitrogens with zero attached hydrogens (tertiary/aromatic N) is 2. The third kappa shape index (κ3) is 2.83. The molecule has 85 valence electrons. The van der Waals surface area contributed by atoms with Crippen LogP contribution < -0.4 is 0 Å². The van der Waals surface area contributed by atoms with Gasteiger partial charge >= 0.3 is 0 Å². The minimum absolute atomic E-state index is 0.764. The van der Waals surface area contributed by atoms with E-state index < -0.39 is 0 Å². The molecule has 0 unspecified atom stereocenters. The van der Waals surface area contributed by atoms with E-state index >= 15 is 0 Å². The van der Waals surface area contributed by atoms with Gasteiger partial charge in [0, 0.05) is 26.6 Å². The molecule has 1 aliphatic rings. The van der Waals surface area contributed by atoms with Crippen molar-refractivity contribution in [2.45, 2.75) is 12.8 Å². The number of hydrogen-bond donors (Lipinski definition) is 0. The van der Waals surface area contributed by atoms with E-state index in [1.54, 1.807) is 7.11 Å². The van der Waals surface area contributed by atoms with Gasteiger partial charge in [0.05, 0.1) is 12.3 Å². The van der Waals surface area contributed by atoms with Gasteiger partial charge in [-0.25, -0.2) is 4.99 Å². The van der Waals surface area contributed by atoms with Gasteiger partial charge in [-0.1, -0.05) is 12.1 Å². The molecule has 1 fully saturated rings. The van der Waals surface area contributed by atoms with Crippen molar-refractivity contribution in [1.29, 1.82) is 0 Å². The van der Waals surface area contributed by atoms with Crippen molar-refractivity contribution in [3.63, 3.8) is 0 Å². The maximum absolute atomic E-state index is 5.10. The van der Waals surface area contributed by atoms with Crippen LogP contribution in [0.3, 0.4) is 0 Å². The summed E-state index contributed by atoms with van der Waals surface area (Å²) in [6.07, 6.45) is 2.26. The third-order valence-electron chi connectivity index (χ3n) is 2.71. The van der Waals surface area contributed by atoms with E-state index in [2.05, 4.69) is 16.0 Å². The van der Waals surface area contributed by atoms with Crippen molar-refractivity contribution in [2.24, 2.45) is 4.99 Å². The number of benzene rings is 1. The van der Waals surface area contributed by atoms with E-state index in [9.17, 15) is 0 Å². The normalized spacial score (nSPS) is 18.3. The molecule has 1 heterocycles. The van der Waals surface area contributed by atoms with Gasteiger partial charge in [-0.05, 0) is 24.6 Å². The summed E-state index contributed by atoms with van der Waals surface area (Å²) >= 11 is 0. The van der Waals surface area contributed by atoms with Crippen LogP contribution in [0.5, 0.6) is 0 Å². The Balaban J connectivity index is 2.04. The van der Waals surface area contributed by atoms with Crippen molar-refractivity contribution < 1.29 is 4.74 Å². The molecule has 1 aromatic carbocycles. The summed E-state index contributed by atoms with van der Waals surface area (Å²) in [6, 6.07) is 10.8. The van der Waals surface area contributed by atoms with Crippen molar-refractivity contribution in [2.75, 3.05) is 26.8 Å². The average Bonchev–Trinajstić information content (AvgIpc) is 2.75. The monoisotopic (exact) mass is 217 g/mol. The van der Waals surface area contributed by atoms with Crippen LogP contribution in [0.4, 0.5) is 5.69 Å². The second-order valence-electron chi connectivity index (χ2n) is 3.87. The average molecular weight is 217 g/mol. The number of amidine groups is 1. The number of likely N-dealkylation sites (tertiary alicyclic amines) is 1. The van der Waals surface area contributed by atoms with Crippen LogP contribution in [0.25, 0.3) is 0 Å². The highest BCUT2D eigenvalue weighted by molar-refractivity contribution is 5.86. The number of hydrogen-bond acceptors (Lipinski definition) is 2. The molecule has 0 aromatic heterocycles. The zero-order chi connectivity index (χ0) is 11.2.